The normalized spacial score (nSPS) is 21.4. The number of aliphatic hydroxyl groups excluding tert-OH is 1. The Morgan fingerprint density at radius 2 is 2.15 bits per heavy atom. The van der Waals surface area contributed by atoms with Crippen molar-refractivity contribution in [2.45, 2.75) is 52.1 Å². The average Bonchev–Trinajstić information content (AvgIpc) is 2.66. The molecule has 6 nitrogen and oxygen atoms in total. The van der Waals surface area contributed by atoms with Gasteiger partial charge in [-0.25, -0.2) is 9.97 Å². The summed E-state index contributed by atoms with van der Waals surface area (Å²) in [6.45, 7) is 4.91. The Morgan fingerprint density at radius 1 is 1.30 bits per heavy atom. The second-order valence-corrected chi connectivity index (χ2v) is 8.02. The molecule has 0 radical (unpaired) electrons. The van der Waals surface area contributed by atoms with E-state index in [-0.39, 0.29) is 11.5 Å². The average molecular weight is 365 g/mol. The SMILES string of the molecule is CC1(C)C[C@H](Cc2nc(NCCc3ccccn3)ncc2C#N)CC[C@@H]1O. The molecule has 1 fully saturated rings. The Kier molecular flexibility index (Phi) is 6.02. The van der Waals surface area contributed by atoms with Gasteiger partial charge in [0, 0.05) is 24.9 Å². The summed E-state index contributed by atoms with van der Waals surface area (Å²) in [4.78, 5) is 13.2. The van der Waals surface area contributed by atoms with E-state index in [9.17, 15) is 10.4 Å². The molecule has 1 aliphatic rings. The predicted octanol–water partition coefficient (Wildman–Crippen LogP) is 3.13. The third-order valence-corrected chi connectivity index (χ3v) is 5.43. The number of nitrogens with one attached hydrogen (secondary N) is 1. The van der Waals surface area contributed by atoms with Crippen LogP contribution in [0.1, 0.15) is 50.1 Å². The van der Waals surface area contributed by atoms with Crippen LogP contribution in [-0.2, 0) is 12.8 Å². The first-order valence-corrected chi connectivity index (χ1v) is 9.56. The summed E-state index contributed by atoms with van der Waals surface area (Å²) in [5, 5.41) is 22.8. The van der Waals surface area contributed by atoms with Gasteiger partial charge < -0.3 is 10.4 Å². The van der Waals surface area contributed by atoms with Crippen molar-refractivity contribution < 1.29 is 5.11 Å². The van der Waals surface area contributed by atoms with Crippen molar-refractivity contribution in [2.75, 3.05) is 11.9 Å². The number of nitriles is 1. The van der Waals surface area contributed by atoms with Crippen LogP contribution >= 0.6 is 0 Å². The summed E-state index contributed by atoms with van der Waals surface area (Å²) in [6, 6.07) is 8.08. The largest absolute Gasteiger partial charge is 0.393 e. The number of hydrogen-bond donors (Lipinski definition) is 2. The van der Waals surface area contributed by atoms with Crippen molar-refractivity contribution in [3.8, 4) is 6.07 Å². The molecule has 2 heterocycles. The lowest BCUT2D eigenvalue weighted by molar-refractivity contribution is -0.00748. The van der Waals surface area contributed by atoms with E-state index in [1.165, 1.54) is 0 Å². The molecule has 6 heteroatoms. The van der Waals surface area contributed by atoms with E-state index in [0.717, 1.165) is 43.5 Å². The minimum absolute atomic E-state index is 0.0908. The van der Waals surface area contributed by atoms with Gasteiger partial charge in [0.15, 0.2) is 0 Å². The molecule has 2 aromatic heterocycles. The fraction of sp³-hybridized carbons (Fsp3) is 0.524. The van der Waals surface area contributed by atoms with Crippen LogP contribution in [0.15, 0.2) is 30.6 Å². The van der Waals surface area contributed by atoms with Gasteiger partial charge in [-0.1, -0.05) is 19.9 Å². The van der Waals surface area contributed by atoms with Crippen LogP contribution in [0.3, 0.4) is 0 Å². The number of rotatable bonds is 6. The molecule has 0 spiro atoms. The molecular weight excluding hydrogens is 338 g/mol. The molecule has 0 saturated heterocycles. The number of nitrogens with zero attached hydrogens (tertiary/aromatic N) is 4. The highest BCUT2D eigenvalue weighted by molar-refractivity contribution is 5.37. The number of anilines is 1. The highest BCUT2D eigenvalue weighted by Crippen LogP contribution is 2.40. The monoisotopic (exact) mass is 365 g/mol. The predicted molar refractivity (Wildman–Crippen MR) is 104 cm³/mol. The first-order valence-electron chi connectivity index (χ1n) is 9.56. The van der Waals surface area contributed by atoms with Crippen molar-refractivity contribution in [2.24, 2.45) is 11.3 Å². The summed E-state index contributed by atoms with van der Waals surface area (Å²) in [6.07, 6.45) is 7.37. The number of pyridine rings is 1. The third kappa shape index (κ3) is 5.01. The molecule has 142 valence electrons. The molecule has 0 bridgehead atoms. The first kappa shape index (κ1) is 19.2. The summed E-state index contributed by atoms with van der Waals surface area (Å²) < 4.78 is 0. The van der Waals surface area contributed by atoms with Crippen molar-refractivity contribution >= 4 is 5.95 Å². The number of aromatic nitrogens is 3. The van der Waals surface area contributed by atoms with Gasteiger partial charge in [-0.15, -0.1) is 0 Å². The Bertz CT molecular complexity index is 800. The molecule has 0 amide bonds. The molecule has 2 N–H and O–H groups in total. The van der Waals surface area contributed by atoms with Gasteiger partial charge in [-0.2, -0.15) is 5.26 Å². The van der Waals surface area contributed by atoms with Gasteiger partial charge in [0.25, 0.3) is 0 Å². The van der Waals surface area contributed by atoms with Gasteiger partial charge in [0.1, 0.15) is 6.07 Å². The van der Waals surface area contributed by atoms with Crippen LogP contribution in [0.2, 0.25) is 0 Å². The zero-order valence-corrected chi connectivity index (χ0v) is 16.0. The van der Waals surface area contributed by atoms with E-state index in [0.29, 0.717) is 24.0 Å². The van der Waals surface area contributed by atoms with E-state index in [1.807, 2.05) is 18.2 Å². The molecular formula is C21H27N5O. The molecule has 1 aliphatic carbocycles. The zero-order valence-electron chi connectivity index (χ0n) is 16.0. The quantitative estimate of drug-likeness (QED) is 0.817. The van der Waals surface area contributed by atoms with Crippen molar-refractivity contribution in [1.82, 2.24) is 15.0 Å². The van der Waals surface area contributed by atoms with Crippen molar-refractivity contribution in [3.63, 3.8) is 0 Å². The second-order valence-electron chi connectivity index (χ2n) is 8.02. The zero-order chi connectivity index (χ0) is 19.3. The standard InChI is InChI=1S/C21H27N5O/c1-21(2)12-15(6-7-19(21)27)11-18-16(13-22)14-25-20(26-18)24-10-8-17-5-3-4-9-23-17/h3-5,9,14-15,19,27H,6-8,10-12H2,1-2H3,(H,24,25,26)/t15-,19-/m0/s1. The van der Waals surface area contributed by atoms with Gasteiger partial charge in [0.2, 0.25) is 5.95 Å². The summed E-state index contributed by atoms with van der Waals surface area (Å²) >= 11 is 0. The Balaban J connectivity index is 1.64. The Labute approximate surface area is 160 Å². The number of hydrogen-bond acceptors (Lipinski definition) is 6. The maximum absolute atomic E-state index is 10.2. The van der Waals surface area contributed by atoms with Crippen LogP contribution in [0.5, 0.6) is 0 Å². The van der Waals surface area contributed by atoms with E-state index in [4.69, 9.17) is 0 Å². The fourth-order valence-corrected chi connectivity index (χ4v) is 3.81. The molecule has 1 saturated carbocycles. The van der Waals surface area contributed by atoms with Crippen LogP contribution in [0.4, 0.5) is 5.95 Å². The topological polar surface area (TPSA) is 94.7 Å². The van der Waals surface area contributed by atoms with Crippen LogP contribution in [0, 0.1) is 22.7 Å². The molecule has 0 unspecified atom stereocenters. The van der Waals surface area contributed by atoms with E-state index < -0.39 is 0 Å². The fourth-order valence-electron chi connectivity index (χ4n) is 3.81. The first-order chi connectivity index (χ1) is 13.0. The van der Waals surface area contributed by atoms with Gasteiger partial charge >= 0.3 is 0 Å². The highest BCUT2D eigenvalue weighted by atomic mass is 16.3. The summed E-state index contributed by atoms with van der Waals surface area (Å²) in [7, 11) is 0. The molecule has 0 aliphatic heterocycles. The summed E-state index contributed by atoms with van der Waals surface area (Å²) in [5.74, 6) is 0.974. The van der Waals surface area contributed by atoms with E-state index in [2.05, 4.69) is 40.2 Å². The second kappa shape index (κ2) is 8.45. The van der Waals surface area contributed by atoms with Crippen molar-refractivity contribution in [1.29, 1.82) is 5.26 Å². The highest BCUT2D eigenvalue weighted by Gasteiger charge is 2.35. The van der Waals surface area contributed by atoms with Crippen LogP contribution < -0.4 is 5.32 Å². The lowest BCUT2D eigenvalue weighted by Crippen LogP contribution is -2.37. The van der Waals surface area contributed by atoms with Gasteiger partial charge in [-0.3, -0.25) is 4.98 Å². The third-order valence-electron chi connectivity index (χ3n) is 5.43. The Hall–Kier alpha value is -2.52. The molecule has 3 rings (SSSR count). The molecule has 2 aromatic rings. The van der Waals surface area contributed by atoms with Crippen LogP contribution in [-0.4, -0.2) is 32.7 Å². The van der Waals surface area contributed by atoms with E-state index >= 15 is 0 Å². The van der Waals surface area contributed by atoms with Gasteiger partial charge in [0.05, 0.1) is 23.6 Å². The summed E-state index contributed by atoms with van der Waals surface area (Å²) in [5.41, 5.74) is 2.26. The Morgan fingerprint density at radius 3 is 2.85 bits per heavy atom. The minimum Gasteiger partial charge on any atom is -0.393 e. The molecule has 0 aromatic carbocycles. The number of aliphatic hydroxyl groups is 1. The van der Waals surface area contributed by atoms with Gasteiger partial charge in [-0.05, 0) is 49.1 Å². The lowest BCUT2D eigenvalue weighted by atomic mass is 9.69. The van der Waals surface area contributed by atoms with Crippen molar-refractivity contribution in [3.05, 3.63) is 47.5 Å². The maximum atomic E-state index is 10.2. The molecule has 2 atom stereocenters. The minimum atomic E-state index is -0.251. The lowest BCUT2D eigenvalue weighted by Gasteiger charge is -2.39. The molecule has 27 heavy (non-hydrogen) atoms. The van der Waals surface area contributed by atoms with Crippen LogP contribution in [0.25, 0.3) is 0 Å². The van der Waals surface area contributed by atoms with E-state index in [1.54, 1.807) is 12.4 Å². The maximum Gasteiger partial charge on any atom is 0.222 e. The smallest absolute Gasteiger partial charge is 0.222 e.